The number of benzene rings is 1. The fourth-order valence-corrected chi connectivity index (χ4v) is 2.03. The van der Waals surface area contributed by atoms with E-state index in [1.807, 2.05) is 12.1 Å². The molecule has 0 amide bonds. The van der Waals surface area contributed by atoms with Crippen molar-refractivity contribution in [2.45, 2.75) is 13.1 Å². The number of nitrogens with zero attached hydrogens (tertiary/aromatic N) is 3. The normalized spacial score (nSPS) is 13.8. The summed E-state index contributed by atoms with van der Waals surface area (Å²) in [6.07, 6.45) is 1.73. The van der Waals surface area contributed by atoms with Crippen LogP contribution in [0.5, 0.6) is 0 Å². The fourth-order valence-electron chi connectivity index (χ4n) is 2.03. The number of fused-ring (bicyclic) bond motifs is 3. The summed E-state index contributed by atoms with van der Waals surface area (Å²) in [5.41, 5.74) is 2.39. The number of nitrogens with one attached hydrogen (secondary N) is 1. The predicted octanol–water partition coefficient (Wildman–Crippen LogP) is 1.51. The lowest BCUT2D eigenvalue weighted by Crippen LogP contribution is -2.11. The Labute approximate surface area is 93.6 Å². The van der Waals surface area contributed by atoms with Crippen LogP contribution in [0, 0.1) is 0 Å². The van der Waals surface area contributed by atoms with Gasteiger partial charge in [0.2, 0.25) is 0 Å². The molecule has 0 saturated heterocycles. The van der Waals surface area contributed by atoms with E-state index in [-0.39, 0.29) is 0 Å². The third-order valence-electron chi connectivity index (χ3n) is 2.77. The van der Waals surface area contributed by atoms with Crippen molar-refractivity contribution in [3.63, 3.8) is 0 Å². The fraction of sp³-hybridized carbons (Fsp3) is 0.167. The van der Waals surface area contributed by atoms with E-state index in [1.54, 1.807) is 6.08 Å². The molecule has 0 radical (unpaired) electrons. The third-order valence-corrected chi connectivity index (χ3v) is 2.77. The largest absolute Gasteiger partial charge is 0.306 e. The van der Waals surface area contributed by atoms with Crippen LogP contribution in [0.2, 0.25) is 0 Å². The molecular formula is C12H12N4. The first kappa shape index (κ1) is 9.30. The lowest BCUT2D eigenvalue weighted by Gasteiger charge is -2.08. The van der Waals surface area contributed by atoms with Crippen LogP contribution in [0.3, 0.4) is 0 Å². The maximum atomic E-state index is 4.17. The van der Waals surface area contributed by atoms with Crippen LogP contribution in [-0.2, 0) is 13.1 Å². The Kier molecular flexibility index (Phi) is 2.08. The maximum Gasteiger partial charge on any atom is 0.160 e. The highest BCUT2D eigenvalue weighted by Crippen LogP contribution is 2.21. The van der Waals surface area contributed by atoms with Gasteiger partial charge < -0.3 is 5.32 Å². The molecule has 1 aliphatic rings. The summed E-state index contributed by atoms with van der Waals surface area (Å²) in [6, 6.07) is 8.27. The Morgan fingerprint density at radius 3 is 3.00 bits per heavy atom. The van der Waals surface area contributed by atoms with E-state index in [4.69, 9.17) is 0 Å². The molecule has 1 aromatic carbocycles. The van der Waals surface area contributed by atoms with E-state index in [2.05, 4.69) is 38.8 Å². The van der Waals surface area contributed by atoms with Crippen LogP contribution in [0.15, 0.2) is 30.8 Å². The van der Waals surface area contributed by atoms with Crippen molar-refractivity contribution in [1.29, 1.82) is 0 Å². The van der Waals surface area contributed by atoms with Gasteiger partial charge in [0.1, 0.15) is 0 Å². The average molecular weight is 212 g/mol. The van der Waals surface area contributed by atoms with Crippen LogP contribution in [0.25, 0.3) is 11.8 Å². The minimum Gasteiger partial charge on any atom is -0.306 e. The van der Waals surface area contributed by atoms with E-state index in [0.717, 1.165) is 30.4 Å². The van der Waals surface area contributed by atoms with E-state index >= 15 is 0 Å². The molecule has 0 saturated carbocycles. The third kappa shape index (κ3) is 1.27. The first-order chi connectivity index (χ1) is 7.90. The topological polar surface area (TPSA) is 42.7 Å². The van der Waals surface area contributed by atoms with Crippen LogP contribution < -0.4 is 5.32 Å². The van der Waals surface area contributed by atoms with Gasteiger partial charge in [-0.25, -0.2) is 0 Å². The van der Waals surface area contributed by atoms with Crippen molar-refractivity contribution in [2.24, 2.45) is 0 Å². The van der Waals surface area contributed by atoms with E-state index < -0.39 is 0 Å². The van der Waals surface area contributed by atoms with Gasteiger partial charge in [-0.2, -0.15) is 0 Å². The molecule has 1 aliphatic heterocycles. The molecule has 0 aliphatic carbocycles. The minimum atomic E-state index is 0.732. The van der Waals surface area contributed by atoms with Crippen molar-refractivity contribution in [3.05, 3.63) is 48.1 Å². The van der Waals surface area contributed by atoms with Crippen molar-refractivity contribution >= 4 is 6.08 Å². The number of para-hydroxylation sites is 1. The molecule has 0 atom stereocenters. The van der Waals surface area contributed by atoms with E-state index in [0.29, 0.717) is 0 Å². The van der Waals surface area contributed by atoms with Gasteiger partial charge in [-0.15, -0.1) is 10.2 Å². The average Bonchev–Trinajstić information content (AvgIpc) is 2.64. The first-order valence-electron chi connectivity index (χ1n) is 5.26. The zero-order chi connectivity index (χ0) is 11.0. The van der Waals surface area contributed by atoms with Crippen molar-refractivity contribution in [3.8, 4) is 5.69 Å². The van der Waals surface area contributed by atoms with Crippen molar-refractivity contribution in [2.75, 3.05) is 0 Å². The number of hydrogen-bond acceptors (Lipinski definition) is 3. The Morgan fingerprint density at radius 2 is 2.12 bits per heavy atom. The van der Waals surface area contributed by atoms with Gasteiger partial charge >= 0.3 is 0 Å². The second-order valence-electron chi connectivity index (χ2n) is 3.75. The molecule has 0 bridgehead atoms. The molecule has 1 N–H and O–H groups in total. The molecule has 16 heavy (non-hydrogen) atoms. The summed E-state index contributed by atoms with van der Waals surface area (Å²) in [4.78, 5) is 0. The lowest BCUT2D eigenvalue weighted by atomic mass is 10.2. The second kappa shape index (κ2) is 3.57. The lowest BCUT2D eigenvalue weighted by molar-refractivity contribution is 0.674. The van der Waals surface area contributed by atoms with Gasteiger partial charge in [-0.3, -0.25) is 4.57 Å². The van der Waals surface area contributed by atoms with Crippen molar-refractivity contribution < 1.29 is 0 Å². The summed E-state index contributed by atoms with van der Waals surface area (Å²) in [5.74, 6) is 1.73. The van der Waals surface area contributed by atoms with Crippen LogP contribution >= 0.6 is 0 Å². The van der Waals surface area contributed by atoms with Gasteiger partial charge in [-0.1, -0.05) is 24.8 Å². The van der Waals surface area contributed by atoms with Crippen molar-refractivity contribution in [1.82, 2.24) is 20.1 Å². The van der Waals surface area contributed by atoms with Crippen LogP contribution in [-0.4, -0.2) is 14.8 Å². The molecule has 0 unspecified atom stereocenters. The monoisotopic (exact) mass is 212 g/mol. The highest BCUT2D eigenvalue weighted by atomic mass is 15.3. The predicted molar refractivity (Wildman–Crippen MR) is 62.0 cm³/mol. The van der Waals surface area contributed by atoms with Gasteiger partial charge in [0.05, 0.1) is 12.2 Å². The molecule has 2 heterocycles. The molecule has 4 heteroatoms. The zero-order valence-electron chi connectivity index (χ0n) is 8.85. The zero-order valence-corrected chi connectivity index (χ0v) is 8.85. The molecule has 0 fully saturated rings. The highest BCUT2D eigenvalue weighted by Gasteiger charge is 2.17. The number of rotatable bonds is 1. The quantitative estimate of drug-likeness (QED) is 0.779. The Bertz CT molecular complexity index is 542. The Morgan fingerprint density at radius 1 is 1.25 bits per heavy atom. The highest BCUT2D eigenvalue weighted by molar-refractivity contribution is 5.49. The molecule has 4 nitrogen and oxygen atoms in total. The maximum absolute atomic E-state index is 4.17. The van der Waals surface area contributed by atoms with Gasteiger partial charge in [-0.05, 0) is 17.7 Å². The summed E-state index contributed by atoms with van der Waals surface area (Å²) in [7, 11) is 0. The van der Waals surface area contributed by atoms with Gasteiger partial charge in [0.25, 0.3) is 0 Å². The molecule has 80 valence electrons. The standard InChI is InChI=1S/C12H12N4/c1-2-11-14-15-12-8-13-7-9-5-3-4-6-10(9)16(11)12/h2-6,13H,1,7-8H2. The summed E-state index contributed by atoms with van der Waals surface area (Å²) in [6.45, 7) is 5.36. The number of hydrogen-bond donors (Lipinski definition) is 1. The molecule has 2 aromatic rings. The summed E-state index contributed by atoms with van der Waals surface area (Å²) >= 11 is 0. The van der Waals surface area contributed by atoms with Gasteiger partial charge in [0.15, 0.2) is 11.6 Å². The smallest absolute Gasteiger partial charge is 0.160 e. The molecular weight excluding hydrogens is 200 g/mol. The first-order valence-corrected chi connectivity index (χ1v) is 5.26. The SMILES string of the molecule is C=Cc1nnc2n1-c1ccccc1CNC2. The van der Waals surface area contributed by atoms with Gasteiger partial charge in [0, 0.05) is 6.54 Å². The Hall–Kier alpha value is -1.94. The molecule has 0 spiro atoms. The molecule has 1 aromatic heterocycles. The minimum absolute atomic E-state index is 0.732. The van der Waals surface area contributed by atoms with Crippen LogP contribution in [0.1, 0.15) is 17.2 Å². The number of aromatic nitrogens is 3. The van der Waals surface area contributed by atoms with E-state index in [9.17, 15) is 0 Å². The van der Waals surface area contributed by atoms with Crippen LogP contribution in [0.4, 0.5) is 0 Å². The summed E-state index contributed by atoms with van der Waals surface area (Å²) < 4.78 is 2.06. The Balaban J connectivity index is 2.30. The molecule has 3 rings (SSSR count). The second-order valence-corrected chi connectivity index (χ2v) is 3.75. The van der Waals surface area contributed by atoms with E-state index in [1.165, 1.54) is 5.56 Å². The summed E-state index contributed by atoms with van der Waals surface area (Å²) in [5, 5.41) is 11.6.